The Morgan fingerprint density at radius 2 is 1.68 bits per heavy atom. The number of para-hydroxylation sites is 1. The average Bonchev–Trinajstić information content (AvgIpc) is 3.33. The molecule has 0 unspecified atom stereocenters. The smallest absolute Gasteiger partial charge is 0.248 e. The van der Waals surface area contributed by atoms with Crippen molar-refractivity contribution in [2.45, 2.75) is 0 Å². The minimum absolute atomic E-state index is 0.257. The van der Waals surface area contributed by atoms with Crippen molar-refractivity contribution >= 4 is 39.1 Å². The van der Waals surface area contributed by atoms with E-state index >= 15 is 0 Å². The van der Waals surface area contributed by atoms with E-state index < -0.39 is 0 Å². The largest absolute Gasteiger partial charge is 0.368 e. The molecule has 2 aromatic carbocycles. The summed E-state index contributed by atoms with van der Waals surface area (Å²) >= 11 is 1.60. The number of thiophene rings is 1. The van der Waals surface area contributed by atoms with Crippen LogP contribution in [0.4, 0.5) is 17.6 Å². The topological polar surface area (TPSA) is 94.5 Å². The zero-order chi connectivity index (χ0) is 18.9. The first-order valence-electron chi connectivity index (χ1n) is 8.63. The highest BCUT2D eigenvalue weighted by molar-refractivity contribution is 7.22. The first-order chi connectivity index (χ1) is 13.8. The Bertz CT molecular complexity index is 1250. The Balaban J connectivity index is 1.57. The van der Waals surface area contributed by atoms with Gasteiger partial charge in [-0.1, -0.05) is 48.5 Å². The van der Waals surface area contributed by atoms with E-state index in [2.05, 4.69) is 43.6 Å². The van der Waals surface area contributed by atoms with E-state index in [1.165, 1.54) is 6.33 Å². The molecule has 0 spiro atoms. The summed E-state index contributed by atoms with van der Waals surface area (Å²) in [6, 6.07) is 21.9. The van der Waals surface area contributed by atoms with Gasteiger partial charge < -0.3 is 11.1 Å². The zero-order valence-electron chi connectivity index (χ0n) is 14.6. The molecule has 0 bridgehead atoms. The number of aromatic nitrogens is 5. The van der Waals surface area contributed by atoms with Crippen molar-refractivity contribution in [3.63, 3.8) is 0 Å². The van der Waals surface area contributed by atoms with Crippen LogP contribution in [-0.4, -0.2) is 24.7 Å². The highest BCUT2D eigenvalue weighted by atomic mass is 32.1. The maximum Gasteiger partial charge on any atom is 0.248 e. The van der Waals surface area contributed by atoms with E-state index in [4.69, 9.17) is 5.73 Å². The fourth-order valence-electron chi connectivity index (χ4n) is 2.92. The van der Waals surface area contributed by atoms with E-state index in [1.54, 1.807) is 16.0 Å². The number of benzene rings is 2. The van der Waals surface area contributed by atoms with Gasteiger partial charge in [-0.25, -0.2) is 9.97 Å². The standard InChI is InChI=1S/C20H15N7S/c21-19-25-20(24-14-9-5-2-6-10-14)26-27(19)18-17-15(22-12-23-18)11-16(28-17)13-7-3-1-4-8-13/h1-12H,(H3,21,24,25,26). The molecule has 0 aliphatic carbocycles. The summed E-state index contributed by atoms with van der Waals surface area (Å²) in [5.41, 5.74) is 9.00. The molecule has 0 fully saturated rings. The molecule has 0 radical (unpaired) electrons. The van der Waals surface area contributed by atoms with E-state index in [0.717, 1.165) is 26.3 Å². The van der Waals surface area contributed by atoms with Gasteiger partial charge in [0.1, 0.15) is 6.33 Å². The molecule has 0 saturated heterocycles. The molecule has 28 heavy (non-hydrogen) atoms. The summed E-state index contributed by atoms with van der Waals surface area (Å²) in [5.74, 6) is 1.28. The quantitative estimate of drug-likeness (QED) is 0.480. The molecule has 0 saturated carbocycles. The van der Waals surface area contributed by atoms with Crippen LogP contribution in [0.2, 0.25) is 0 Å². The van der Waals surface area contributed by atoms with Crippen LogP contribution in [0.3, 0.4) is 0 Å². The van der Waals surface area contributed by atoms with Crippen LogP contribution in [0, 0.1) is 0 Å². The van der Waals surface area contributed by atoms with Gasteiger partial charge >= 0.3 is 0 Å². The highest BCUT2D eigenvalue weighted by Crippen LogP contribution is 2.35. The van der Waals surface area contributed by atoms with Gasteiger partial charge in [-0.2, -0.15) is 9.67 Å². The molecule has 3 N–H and O–H groups in total. The van der Waals surface area contributed by atoms with Gasteiger partial charge in [0.25, 0.3) is 0 Å². The van der Waals surface area contributed by atoms with Gasteiger partial charge in [-0.15, -0.1) is 16.4 Å². The summed E-state index contributed by atoms with van der Waals surface area (Å²) in [4.78, 5) is 14.2. The van der Waals surface area contributed by atoms with Crippen molar-refractivity contribution in [1.29, 1.82) is 0 Å². The first-order valence-corrected chi connectivity index (χ1v) is 9.44. The fraction of sp³-hybridized carbons (Fsp3) is 0. The predicted molar refractivity (Wildman–Crippen MR) is 112 cm³/mol. The van der Waals surface area contributed by atoms with Crippen molar-refractivity contribution in [1.82, 2.24) is 24.7 Å². The Labute approximate surface area is 164 Å². The van der Waals surface area contributed by atoms with Gasteiger partial charge in [0.15, 0.2) is 5.82 Å². The third kappa shape index (κ3) is 2.95. The third-order valence-electron chi connectivity index (χ3n) is 4.21. The monoisotopic (exact) mass is 385 g/mol. The lowest BCUT2D eigenvalue weighted by Gasteiger charge is -2.02. The molecule has 7 nitrogen and oxygen atoms in total. The summed E-state index contributed by atoms with van der Waals surface area (Å²) in [7, 11) is 0. The van der Waals surface area contributed by atoms with Crippen LogP contribution >= 0.6 is 11.3 Å². The Kier molecular flexibility index (Phi) is 3.95. The molecule has 3 heterocycles. The van der Waals surface area contributed by atoms with E-state index in [-0.39, 0.29) is 5.95 Å². The minimum atomic E-state index is 0.257. The maximum atomic E-state index is 6.13. The molecule has 3 aromatic heterocycles. The van der Waals surface area contributed by atoms with Gasteiger partial charge in [-0.3, -0.25) is 0 Å². The van der Waals surface area contributed by atoms with Crippen molar-refractivity contribution in [2.24, 2.45) is 0 Å². The minimum Gasteiger partial charge on any atom is -0.368 e. The first kappa shape index (κ1) is 16.4. The number of hydrogen-bond donors (Lipinski definition) is 2. The highest BCUT2D eigenvalue weighted by Gasteiger charge is 2.16. The van der Waals surface area contributed by atoms with Crippen LogP contribution in [0.25, 0.3) is 26.5 Å². The predicted octanol–water partition coefficient (Wildman–Crippen LogP) is 4.26. The summed E-state index contributed by atoms with van der Waals surface area (Å²) in [5, 5.41) is 7.64. The van der Waals surface area contributed by atoms with E-state index in [1.807, 2.05) is 48.5 Å². The zero-order valence-corrected chi connectivity index (χ0v) is 15.5. The van der Waals surface area contributed by atoms with Crippen molar-refractivity contribution in [3.8, 4) is 16.3 Å². The normalized spacial score (nSPS) is 11.0. The van der Waals surface area contributed by atoms with Crippen LogP contribution in [0.1, 0.15) is 0 Å². The van der Waals surface area contributed by atoms with Crippen LogP contribution in [0.15, 0.2) is 73.1 Å². The van der Waals surface area contributed by atoms with Crippen molar-refractivity contribution < 1.29 is 0 Å². The Morgan fingerprint density at radius 3 is 2.46 bits per heavy atom. The molecule has 0 aliphatic heterocycles. The molecular weight excluding hydrogens is 370 g/mol. The number of nitrogen functional groups attached to an aromatic ring is 1. The molecule has 0 amide bonds. The Morgan fingerprint density at radius 1 is 0.929 bits per heavy atom. The van der Waals surface area contributed by atoms with Gasteiger partial charge in [0.05, 0.1) is 10.2 Å². The number of nitrogens with zero attached hydrogens (tertiary/aromatic N) is 5. The SMILES string of the molecule is Nc1nc(Nc2ccccc2)nn1-c1ncnc2cc(-c3ccccc3)sc12. The number of rotatable bonds is 4. The second-order valence-corrected chi connectivity index (χ2v) is 7.14. The van der Waals surface area contributed by atoms with Crippen LogP contribution in [0.5, 0.6) is 0 Å². The third-order valence-corrected chi connectivity index (χ3v) is 5.38. The second-order valence-electron chi connectivity index (χ2n) is 6.08. The molecule has 8 heteroatoms. The molecule has 5 aromatic rings. The number of hydrogen-bond acceptors (Lipinski definition) is 7. The van der Waals surface area contributed by atoms with Gasteiger partial charge in [0.2, 0.25) is 11.9 Å². The van der Waals surface area contributed by atoms with Gasteiger partial charge in [0, 0.05) is 10.6 Å². The lowest BCUT2D eigenvalue weighted by molar-refractivity contribution is 0.865. The molecule has 5 rings (SSSR count). The summed E-state index contributed by atoms with van der Waals surface area (Å²) < 4.78 is 2.45. The van der Waals surface area contributed by atoms with Crippen molar-refractivity contribution in [2.75, 3.05) is 11.1 Å². The average molecular weight is 385 g/mol. The molecule has 136 valence electrons. The summed E-state index contributed by atoms with van der Waals surface area (Å²) in [6.45, 7) is 0. The number of anilines is 3. The van der Waals surface area contributed by atoms with Crippen molar-refractivity contribution in [3.05, 3.63) is 73.1 Å². The van der Waals surface area contributed by atoms with E-state index in [9.17, 15) is 0 Å². The van der Waals surface area contributed by atoms with Gasteiger partial charge in [-0.05, 0) is 23.8 Å². The number of fused-ring (bicyclic) bond motifs is 1. The summed E-state index contributed by atoms with van der Waals surface area (Å²) in [6.07, 6.45) is 1.52. The molecule has 0 atom stereocenters. The Hall–Kier alpha value is -3.78. The fourth-order valence-corrected chi connectivity index (χ4v) is 4.01. The second kappa shape index (κ2) is 6.75. The lowest BCUT2D eigenvalue weighted by atomic mass is 10.2. The number of nitrogens with one attached hydrogen (secondary N) is 1. The van der Waals surface area contributed by atoms with E-state index in [0.29, 0.717) is 11.8 Å². The van der Waals surface area contributed by atoms with Crippen LogP contribution in [-0.2, 0) is 0 Å². The van der Waals surface area contributed by atoms with Crippen LogP contribution < -0.4 is 11.1 Å². The number of nitrogens with two attached hydrogens (primary N) is 1. The molecule has 0 aliphatic rings. The molecular formula is C20H15N7S. The lowest BCUT2D eigenvalue weighted by Crippen LogP contribution is -2.05. The maximum absolute atomic E-state index is 6.13.